The molecule has 0 N–H and O–H groups in total. The molecule has 3 aromatic rings. The number of hydrogen-bond donors (Lipinski definition) is 0. The largest absolute Gasteiger partial charge is 0.465 e. The van der Waals surface area contributed by atoms with Crippen molar-refractivity contribution in [2.24, 2.45) is 0 Å². The monoisotopic (exact) mass is 409 g/mol. The Bertz CT molecular complexity index is 940. The number of aryl methyl sites for hydroxylation is 1. The summed E-state index contributed by atoms with van der Waals surface area (Å²) >= 11 is 1.44. The number of para-hydroxylation sites is 1. The quantitative estimate of drug-likeness (QED) is 0.368. The fourth-order valence-electron chi connectivity index (χ4n) is 3.18. The molecule has 0 aliphatic heterocycles. The van der Waals surface area contributed by atoms with Crippen LogP contribution in [0.4, 0.5) is 0 Å². The Morgan fingerprint density at radius 1 is 1.07 bits per heavy atom. The van der Waals surface area contributed by atoms with Gasteiger partial charge in [-0.2, -0.15) is 0 Å². The Morgan fingerprint density at radius 3 is 2.48 bits per heavy atom. The molecular formula is C23H27N3O2S. The Labute approximate surface area is 176 Å². The van der Waals surface area contributed by atoms with E-state index in [9.17, 15) is 4.79 Å². The van der Waals surface area contributed by atoms with Gasteiger partial charge in [-0.1, -0.05) is 73.6 Å². The van der Waals surface area contributed by atoms with Crippen LogP contribution in [-0.4, -0.2) is 32.6 Å². The van der Waals surface area contributed by atoms with Gasteiger partial charge in [0.25, 0.3) is 0 Å². The molecule has 0 radical (unpaired) electrons. The molecule has 0 unspecified atom stereocenters. The Balaban J connectivity index is 2.00. The lowest BCUT2D eigenvalue weighted by Gasteiger charge is -2.16. The van der Waals surface area contributed by atoms with Crippen molar-refractivity contribution in [2.75, 3.05) is 6.61 Å². The molecule has 5 nitrogen and oxygen atoms in total. The Hall–Kier alpha value is -2.60. The van der Waals surface area contributed by atoms with Crippen LogP contribution in [-0.2, 0) is 16.0 Å². The molecule has 0 amide bonds. The zero-order chi connectivity index (χ0) is 20.6. The van der Waals surface area contributed by atoms with Crippen LogP contribution in [0.15, 0.2) is 59.8 Å². The van der Waals surface area contributed by atoms with Crippen LogP contribution in [0.1, 0.15) is 43.6 Å². The normalized spacial score (nSPS) is 12.0. The lowest BCUT2D eigenvalue weighted by Crippen LogP contribution is -2.21. The summed E-state index contributed by atoms with van der Waals surface area (Å²) in [5, 5.41) is 9.37. The number of carbonyl (C=O) groups excluding carboxylic acids is 1. The van der Waals surface area contributed by atoms with Crippen LogP contribution in [0, 0.1) is 6.92 Å². The van der Waals surface area contributed by atoms with E-state index < -0.39 is 0 Å². The minimum atomic E-state index is -0.295. The van der Waals surface area contributed by atoms with Crippen molar-refractivity contribution < 1.29 is 9.53 Å². The van der Waals surface area contributed by atoms with E-state index in [4.69, 9.17) is 4.74 Å². The lowest BCUT2D eigenvalue weighted by molar-refractivity contribution is -0.142. The third kappa shape index (κ3) is 5.26. The molecular weight excluding hydrogens is 382 g/mol. The smallest absolute Gasteiger partial charge is 0.319 e. The number of aromatic nitrogens is 3. The summed E-state index contributed by atoms with van der Waals surface area (Å²) in [5.41, 5.74) is 3.33. The zero-order valence-corrected chi connectivity index (χ0v) is 18.0. The first kappa shape index (κ1) is 21.1. The van der Waals surface area contributed by atoms with Crippen LogP contribution in [0.25, 0.3) is 5.69 Å². The number of hydrogen-bond acceptors (Lipinski definition) is 5. The van der Waals surface area contributed by atoms with Crippen molar-refractivity contribution in [1.82, 2.24) is 14.8 Å². The predicted octanol–water partition coefficient (Wildman–Crippen LogP) is 4.99. The Kier molecular flexibility index (Phi) is 7.47. The molecule has 0 spiro atoms. The maximum absolute atomic E-state index is 12.4. The van der Waals surface area contributed by atoms with Gasteiger partial charge in [0, 0.05) is 6.42 Å². The van der Waals surface area contributed by atoms with Gasteiger partial charge in [0.2, 0.25) is 0 Å². The number of ether oxygens (including phenoxy) is 1. The Morgan fingerprint density at radius 2 is 1.79 bits per heavy atom. The molecule has 152 valence electrons. The van der Waals surface area contributed by atoms with Crippen molar-refractivity contribution in [3.63, 3.8) is 0 Å². The van der Waals surface area contributed by atoms with E-state index in [2.05, 4.69) is 52.9 Å². The highest BCUT2D eigenvalue weighted by Gasteiger charge is 2.25. The fraction of sp³-hybridized carbons (Fsp3) is 0.348. The summed E-state index contributed by atoms with van der Waals surface area (Å²) in [6, 6.07) is 18.4. The molecule has 1 heterocycles. The molecule has 29 heavy (non-hydrogen) atoms. The summed E-state index contributed by atoms with van der Waals surface area (Å²) < 4.78 is 7.36. The molecule has 1 atom stereocenters. The van der Waals surface area contributed by atoms with Gasteiger partial charge < -0.3 is 4.74 Å². The number of nitrogens with zero attached hydrogens (tertiary/aromatic N) is 3. The van der Waals surface area contributed by atoms with E-state index in [1.54, 1.807) is 0 Å². The third-order valence-electron chi connectivity index (χ3n) is 4.61. The van der Waals surface area contributed by atoms with Gasteiger partial charge in [0.1, 0.15) is 11.1 Å². The molecule has 2 aromatic carbocycles. The van der Waals surface area contributed by atoms with Crippen molar-refractivity contribution in [2.45, 2.75) is 50.4 Å². The molecule has 0 aliphatic carbocycles. The van der Waals surface area contributed by atoms with Gasteiger partial charge in [-0.3, -0.25) is 9.36 Å². The highest BCUT2D eigenvalue weighted by atomic mass is 32.2. The summed E-state index contributed by atoms with van der Waals surface area (Å²) in [7, 11) is 0. The molecule has 6 heteroatoms. The zero-order valence-electron chi connectivity index (χ0n) is 17.2. The van der Waals surface area contributed by atoms with E-state index in [-0.39, 0.29) is 11.2 Å². The number of benzene rings is 2. The van der Waals surface area contributed by atoms with E-state index >= 15 is 0 Å². The van der Waals surface area contributed by atoms with Crippen LogP contribution in [0.2, 0.25) is 0 Å². The summed E-state index contributed by atoms with van der Waals surface area (Å²) in [6.07, 6.45) is 2.30. The predicted molar refractivity (Wildman–Crippen MR) is 117 cm³/mol. The van der Waals surface area contributed by atoms with E-state index in [0.717, 1.165) is 35.1 Å². The second kappa shape index (κ2) is 10.3. The molecule has 0 aliphatic rings. The van der Waals surface area contributed by atoms with Crippen molar-refractivity contribution in [3.8, 4) is 5.69 Å². The first-order valence-electron chi connectivity index (χ1n) is 10.0. The maximum Gasteiger partial charge on any atom is 0.319 e. The van der Waals surface area contributed by atoms with Crippen LogP contribution in [0.3, 0.4) is 0 Å². The molecule has 0 fully saturated rings. The van der Waals surface area contributed by atoms with E-state index in [0.29, 0.717) is 13.0 Å². The van der Waals surface area contributed by atoms with Gasteiger partial charge in [0.15, 0.2) is 5.16 Å². The molecule has 3 rings (SSSR count). The highest BCUT2D eigenvalue weighted by Crippen LogP contribution is 2.30. The van der Waals surface area contributed by atoms with Gasteiger partial charge in [-0.15, -0.1) is 10.2 Å². The van der Waals surface area contributed by atoms with Crippen molar-refractivity contribution >= 4 is 17.7 Å². The molecule has 0 bridgehead atoms. The average molecular weight is 410 g/mol. The van der Waals surface area contributed by atoms with Gasteiger partial charge in [0.05, 0.1) is 12.3 Å². The minimum absolute atomic E-state index is 0.191. The molecule has 0 saturated heterocycles. The third-order valence-corrected chi connectivity index (χ3v) is 5.80. The van der Waals surface area contributed by atoms with Crippen LogP contribution < -0.4 is 0 Å². The van der Waals surface area contributed by atoms with Crippen LogP contribution >= 0.6 is 11.8 Å². The van der Waals surface area contributed by atoms with E-state index in [1.807, 2.05) is 37.3 Å². The first-order chi connectivity index (χ1) is 14.1. The average Bonchev–Trinajstić information content (AvgIpc) is 3.11. The number of thioether (sulfide) groups is 1. The molecule has 0 saturated carbocycles. The second-order valence-corrected chi connectivity index (χ2v) is 8.00. The van der Waals surface area contributed by atoms with Gasteiger partial charge in [-0.25, -0.2) is 0 Å². The summed E-state index contributed by atoms with van der Waals surface area (Å²) in [6.45, 7) is 6.35. The minimum Gasteiger partial charge on any atom is -0.465 e. The van der Waals surface area contributed by atoms with E-state index in [1.165, 1.54) is 17.3 Å². The van der Waals surface area contributed by atoms with Gasteiger partial charge in [-0.05, 0) is 37.5 Å². The maximum atomic E-state index is 12.4. The lowest BCUT2D eigenvalue weighted by atomic mass is 10.1. The fourth-order valence-corrected chi connectivity index (χ4v) is 4.34. The number of esters is 1. The number of carbonyl (C=O) groups is 1. The van der Waals surface area contributed by atoms with Crippen LogP contribution in [0.5, 0.6) is 0 Å². The first-order valence-corrected chi connectivity index (χ1v) is 10.9. The summed E-state index contributed by atoms with van der Waals surface area (Å²) in [4.78, 5) is 12.4. The van der Waals surface area contributed by atoms with Gasteiger partial charge >= 0.3 is 5.97 Å². The highest BCUT2D eigenvalue weighted by molar-refractivity contribution is 8.00. The standard InChI is InChI=1S/C23H27N3O2S/c1-4-11-20(22(27)28-5-2)29-23-25-24-21(16-18-13-7-6-8-14-18)26(23)19-15-10-9-12-17(19)3/h6-10,12-15,20H,4-5,11,16H2,1-3H3/t20-/m1/s1. The molecule has 1 aromatic heterocycles. The van der Waals surface area contributed by atoms with Crippen molar-refractivity contribution in [3.05, 3.63) is 71.5 Å². The van der Waals surface area contributed by atoms with Crippen molar-refractivity contribution in [1.29, 1.82) is 0 Å². The summed E-state index contributed by atoms with van der Waals surface area (Å²) in [5.74, 6) is 0.662. The number of rotatable bonds is 9. The SMILES string of the molecule is CCC[C@@H](Sc1nnc(Cc2ccccc2)n1-c1ccccc1C)C(=O)OCC. The second-order valence-electron chi connectivity index (χ2n) is 6.83. The topological polar surface area (TPSA) is 57.0 Å².